The Morgan fingerprint density at radius 2 is 1.79 bits per heavy atom. The average Bonchev–Trinajstić information content (AvgIpc) is 2.35. The highest BCUT2D eigenvalue weighted by atomic mass is 32.2. The number of carbonyl (C=O) groups excluding carboxylic acids is 1. The molecule has 0 radical (unpaired) electrons. The fourth-order valence-electron chi connectivity index (χ4n) is 1.83. The van der Waals surface area contributed by atoms with Crippen LogP contribution in [0, 0.1) is 0 Å². The second-order valence-electron chi connectivity index (χ2n) is 5.01. The summed E-state index contributed by atoms with van der Waals surface area (Å²) in [5, 5.41) is 9.34. The van der Waals surface area contributed by atoms with E-state index in [1.807, 2.05) is 51.1 Å². The number of amides is 1. The zero-order valence-corrected chi connectivity index (χ0v) is 12.9. The molecule has 1 N–H and O–H groups in total. The van der Waals surface area contributed by atoms with Crippen LogP contribution in [-0.2, 0) is 4.79 Å². The maximum Gasteiger partial charge on any atom is 0.236 e. The standard InChI is InChI=1S/C15H23NO2S/c1-11(2)16(10-12(3)17)15(18)13(4)19-14-8-6-5-7-9-14/h5-9,11-13,17H,10H2,1-4H3. The third-order valence-corrected chi connectivity index (χ3v) is 3.87. The molecule has 2 unspecified atom stereocenters. The second-order valence-corrected chi connectivity index (χ2v) is 6.42. The summed E-state index contributed by atoms with van der Waals surface area (Å²) in [6, 6.07) is 10.0. The van der Waals surface area contributed by atoms with Crippen molar-refractivity contribution in [2.24, 2.45) is 0 Å². The Balaban J connectivity index is 2.68. The number of aliphatic hydroxyl groups is 1. The van der Waals surface area contributed by atoms with Crippen LogP contribution in [0.3, 0.4) is 0 Å². The van der Waals surface area contributed by atoms with Gasteiger partial charge in [-0.1, -0.05) is 18.2 Å². The van der Waals surface area contributed by atoms with Crippen molar-refractivity contribution in [1.82, 2.24) is 4.90 Å². The fourth-order valence-corrected chi connectivity index (χ4v) is 2.79. The van der Waals surface area contributed by atoms with E-state index in [1.165, 1.54) is 0 Å². The number of nitrogens with zero attached hydrogens (tertiary/aromatic N) is 1. The van der Waals surface area contributed by atoms with Gasteiger partial charge in [0.05, 0.1) is 11.4 Å². The SMILES string of the molecule is CC(O)CN(C(=O)C(C)Sc1ccccc1)C(C)C. The van der Waals surface area contributed by atoms with Crippen LogP contribution in [0.4, 0.5) is 0 Å². The van der Waals surface area contributed by atoms with Gasteiger partial charge in [-0.15, -0.1) is 11.8 Å². The highest BCUT2D eigenvalue weighted by Crippen LogP contribution is 2.24. The first kappa shape index (κ1) is 16.1. The number of benzene rings is 1. The van der Waals surface area contributed by atoms with Crippen LogP contribution in [0.1, 0.15) is 27.7 Å². The quantitative estimate of drug-likeness (QED) is 0.815. The molecule has 0 aliphatic rings. The van der Waals surface area contributed by atoms with E-state index in [9.17, 15) is 9.90 Å². The zero-order valence-electron chi connectivity index (χ0n) is 12.0. The third-order valence-electron chi connectivity index (χ3n) is 2.77. The molecule has 106 valence electrons. The molecule has 1 rings (SSSR count). The van der Waals surface area contributed by atoms with Crippen molar-refractivity contribution in [2.45, 2.75) is 50.0 Å². The molecule has 1 aromatic rings. The molecule has 0 aromatic heterocycles. The minimum absolute atomic E-state index is 0.0738. The van der Waals surface area contributed by atoms with Gasteiger partial charge < -0.3 is 10.0 Å². The molecule has 4 heteroatoms. The molecular formula is C15H23NO2S. The van der Waals surface area contributed by atoms with E-state index < -0.39 is 6.10 Å². The minimum Gasteiger partial charge on any atom is -0.392 e. The molecule has 3 nitrogen and oxygen atoms in total. The van der Waals surface area contributed by atoms with E-state index in [0.717, 1.165) is 4.90 Å². The summed E-state index contributed by atoms with van der Waals surface area (Å²) < 4.78 is 0. The zero-order chi connectivity index (χ0) is 14.4. The Kier molecular flexibility index (Phi) is 6.38. The molecule has 19 heavy (non-hydrogen) atoms. The van der Waals surface area contributed by atoms with E-state index in [4.69, 9.17) is 0 Å². The number of hydrogen-bond donors (Lipinski definition) is 1. The Hall–Kier alpha value is -1.00. The van der Waals surface area contributed by atoms with Gasteiger partial charge >= 0.3 is 0 Å². The van der Waals surface area contributed by atoms with Crippen molar-refractivity contribution < 1.29 is 9.90 Å². The molecule has 0 spiro atoms. The van der Waals surface area contributed by atoms with E-state index in [-0.39, 0.29) is 17.2 Å². The number of hydrogen-bond acceptors (Lipinski definition) is 3. The van der Waals surface area contributed by atoms with E-state index in [2.05, 4.69) is 0 Å². The summed E-state index contributed by atoms with van der Waals surface area (Å²) in [6.07, 6.45) is -0.500. The van der Waals surface area contributed by atoms with Crippen molar-refractivity contribution in [1.29, 1.82) is 0 Å². The van der Waals surface area contributed by atoms with Crippen molar-refractivity contribution in [3.8, 4) is 0 Å². The van der Waals surface area contributed by atoms with Gasteiger partial charge in [0.15, 0.2) is 0 Å². The fraction of sp³-hybridized carbons (Fsp3) is 0.533. The summed E-state index contributed by atoms with van der Waals surface area (Å²) in [5.41, 5.74) is 0. The van der Waals surface area contributed by atoms with Gasteiger partial charge in [0.2, 0.25) is 5.91 Å². The number of thioether (sulfide) groups is 1. The summed E-state index contributed by atoms with van der Waals surface area (Å²) in [7, 11) is 0. The molecule has 0 saturated heterocycles. The van der Waals surface area contributed by atoms with Crippen molar-refractivity contribution in [3.63, 3.8) is 0 Å². The predicted molar refractivity (Wildman–Crippen MR) is 80.3 cm³/mol. The lowest BCUT2D eigenvalue weighted by Crippen LogP contribution is -2.44. The molecule has 2 atom stereocenters. The van der Waals surface area contributed by atoms with Gasteiger partial charge in [-0.05, 0) is 39.8 Å². The normalized spacial score (nSPS) is 14.2. The summed E-state index contributed by atoms with van der Waals surface area (Å²) in [6.45, 7) is 7.95. The van der Waals surface area contributed by atoms with Crippen LogP contribution in [0.25, 0.3) is 0 Å². The molecule has 0 fully saturated rings. The van der Waals surface area contributed by atoms with Crippen LogP contribution in [-0.4, -0.2) is 39.9 Å². The Morgan fingerprint density at radius 3 is 2.26 bits per heavy atom. The smallest absolute Gasteiger partial charge is 0.236 e. The lowest BCUT2D eigenvalue weighted by molar-refractivity contribution is -0.133. The predicted octanol–water partition coefficient (Wildman–Crippen LogP) is 2.79. The van der Waals surface area contributed by atoms with Crippen LogP contribution < -0.4 is 0 Å². The van der Waals surface area contributed by atoms with Gasteiger partial charge in [-0.2, -0.15) is 0 Å². The third kappa shape index (κ3) is 5.25. The lowest BCUT2D eigenvalue weighted by Gasteiger charge is -2.30. The van der Waals surface area contributed by atoms with Crippen LogP contribution >= 0.6 is 11.8 Å². The van der Waals surface area contributed by atoms with E-state index in [0.29, 0.717) is 6.54 Å². The van der Waals surface area contributed by atoms with E-state index in [1.54, 1.807) is 23.6 Å². The molecule has 0 heterocycles. The Labute approximate surface area is 120 Å². The summed E-state index contributed by atoms with van der Waals surface area (Å²) in [4.78, 5) is 15.2. The molecule has 1 amide bonds. The number of rotatable bonds is 6. The van der Waals surface area contributed by atoms with E-state index >= 15 is 0 Å². The van der Waals surface area contributed by atoms with Crippen LogP contribution in [0.5, 0.6) is 0 Å². The van der Waals surface area contributed by atoms with Gasteiger partial charge in [-0.25, -0.2) is 0 Å². The monoisotopic (exact) mass is 281 g/mol. The first-order valence-corrected chi connectivity index (χ1v) is 7.50. The summed E-state index contributed by atoms with van der Waals surface area (Å²) in [5.74, 6) is 0.0738. The van der Waals surface area contributed by atoms with Gasteiger partial charge in [0, 0.05) is 17.5 Å². The average molecular weight is 281 g/mol. The first-order chi connectivity index (χ1) is 8.91. The van der Waals surface area contributed by atoms with Crippen LogP contribution in [0.15, 0.2) is 35.2 Å². The minimum atomic E-state index is -0.500. The maximum atomic E-state index is 12.4. The van der Waals surface area contributed by atoms with Crippen molar-refractivity contribution in [2.75, 3.05) is 6.54 Å². The molecule has 1 aromatic carbocycles. The Bertz CT molecular complexity index is 392. The number of carbonyl (C=O) groups is 1. The summed E-state index contributed by atoms with van der Waals surface area (Å²) >= 11 is 1.55. The van der Waals surface area contributed by atoms with Gasteiger partial charge in [0.25, 0.3) is 0 Å². The second kappa shape index (κ2) is 7.56. The molecule has 0 saturated carbocycles. The van der Waals surface area contributed by atoms with Crippen molar-refractivity contribution in [3.05, 3.63) is 30.3 Å². The van der Waals surface area contributed by atoms with Crippen molar-refractivity contribution >= 4 is 17.7 Å². The molecule has 0 aliphatic carbocycles. The molecule has 0 bridgehead atoms. The lowest BCUT2D eigenvalue weighted by atomic mass is 10.2. The highest BCUT2D eigenvalue weighted by Gasteiger charge is 2.24. The van der Waals surface area contributed by atoms with Gasteiger partial charge in [0.1, 0.15) is 0 Å². The number of aliphatic hydroxyl groups excluding tert-OH is 1. The molecule has 0 aliphatic heterocycles. The van der Waals surface area contributed by atoms with Gasteiger partial charge in [-0.3, -0.25) is 4.79 Å². The topological polar surface area (TPSA) is 40.5 Å². The van der Waals surface area contributed by atoms with Crippen LogP contribution in [0.2, 0.25) is 0 Å². The highest BCUT2D eigenvalue weighted by molar-refractivity contribution is 8.00. The molecular weight excluding hydrogens is 258 g/mol. The maximum absolute atomic E-state index is 12.4. The first-order valence-electron chi connectivity index (χ1n) is 6.62. The largest absolute Gasteiger partial charge is 0.392 e. The Morgan fingerprint density at radius 1 is 1.21 bits per heavy atom.